The van der Waals surface area contributed by atoms with E-state index >= 15 is 0 Å². The van der Waals surface area contributed by atoms with Crippen LogP contribution < -0.4 is 0 Å². The number of hydrogen-bond acceptors (Lipinski definition) is 3. The van der Waals surface area contributed by atoms with E-state index < -0.39 is 0 Å². The highest BCUT2D eigenvalue weighted by Crippen LogP contribution is 2.11. The molecule has 104 valence electrons. The van der Waals surface area contributed by atoms with Gasteiger partial charge in [0.2, 0.25) is 0 Å². The van der Waals surface area contributed by atoms with Crippen LogP contribution in [0.15, 0.2) is 0 Å². The summed E-state index contributed by atoms with van der Waals surface area (Å²) in [5.74, 6) is 0. The zero-order valence-electron chi connectivity index (χ0n) is 12.0. The summed E-state index contributed by atoms with van der Waals surface area (Å²) in [4.78, 5) is 0. The lowest BCUT2D eigenvalue weighted by Crippen LogP contribution is -2.35. The van der Waals surface area contributed by atoms with Crippen molar-refractivity contribution in [1.29, 1.82) is 0 Å². The molecule has 0 fully saturated rings. The highest BCUT2D eigenvalue weighted by atomic mass is 16.6. The molecule has 0 aliphatic rings. The molecule has 17 heavy (non-hydrogen) atoms. The molecule has 0 aliphatic heterocycles. The van der Waals surface area contributed by atoms with Gasteiger partial charge in [-0.3, -0.25) is 0 Å². The van der Waals surface area contributed by atoms with E-state index in [9.17, 15) is 0 Å². The molecule has 0 N–H and O–H groups in total. The molecular weight excluding hydrogens is 216 g/mol. The fourth-order valence-electron chi connectivity index (χ4n) is 1.67. The molecule has 0 radical (unpaired) electrons. The summed E-state index contributed by atoms with van der Waals surface area (Å²) in [6.07, 6.45) is 5.77. The molecule has 0 amide bonds. The van der Waals surface area contributed by atoms with E-state index in [1.54, 1.807) is 7.11 Å². The van der Waals surface area contributed by atoms with Gasteiger partial charge in [-0.25, -0.2) is 0 Å². The third-order valence-electron chi connectivity index (χ3n) is 2.81. The first kappa shape index (κ1) is 16.9. The number of unbranched alkanes of at least 4 members (excludes halogenated alkanes) is 2. The summed E-state index contributed by atoms with van der Waals surface area (Å²) >= 11 is 0. The Labute approximate surface area is 107 Å². The number of methoxy groups -OCH3 is 1. The third-order valence-corrected chi connectivity index (χ3v) is 2.81. The Balaban J connectivity index is 4.00. The first-order chi connectivity index (χ1) is 8.29. The molecule has 0 aromatic rings. The standard InChI is InChI=1S/C14H30O3/c1-5-8-10-16-13(7-3)14(12-15-4)17-11-9-6-2/h13-14H,5-12H2,1-4H3. The highest BCUT2D eigenvalue weighted by Gasteiger charge is 2.21. The minimum atomic E-state index is 0.0772. The van der Waals surface area contributed by atoms with Gasteiger partial charge in [0.25, 0.3) is 0 Å². The van der Waals surface area contributed by atoms with Crippen LogP contribution in [0.3, 0.4) is 0 Å². The number of rotatable bonds is 12. The highest BCUT2D eigenvalue weighted by molar-refractivity contribution is 4.69. The van der Waals surface area contributed by atoms with Crippen LogP contribution >= 0.6 is 0 Å². The van der Waals surface area contributed by atoms with E-state index in [1.807, 2.05) is 0 Å². The monoisotopic (exact) mass is 246 g/mol. The molecule has 0 aliphatic carbocycles. The minimum Gasteiger partial charge on any atom is -0.382 e. The SMILES string of the molecule is CCCCOC(CC)C(COC)OCCCC. The predicted molar refractivity (Wildman–Crippen MR) is 71.5 cm³/mol. The summed E-state index contributed by atoms with van der Waals surface area (Å²) in [5, 5.41) is 0. The van der Waals surface area contributed by atoms with Crippen LogP contribution in [-0.4, -0.2) is 39.1 Å². The van der Waals surface area contributed by atoms with Crippen LogP contribution in [0.2, 0.25) is 0 Å². The van der Waals surface area contributed by atoms with Crippen LogP contribution in [0.4, 0.5) is 0 Å². The second-order valence-electron chi connectivity index (χ2n) is 4.39. The van der Waals surface area contributed by atoms with Gasteiger partial charge in [-0.1, -0.05) is 33.6 Å². The van der Waals surface area contributed by atoms with Crippen molar-refractivity contribution in [1.82, 2.24) is 0 Å². The summed E-state index contributed by atoms with van der Waals surface area (Å²) in [7, 11) is 1.72. The van der Waals surface area contributed by atoms with Crippen LogP contribution in [0, 0.1) is 0 Å². The fraction of sp³-hybridized carbons (Fsp3) is 1.00. The van der Waals surface area contributed by atoms with Crippen molar-refractivity contribution in [3.05, 3.63) is 0 Å². The maximum atomic E-state index is 5.87. The van der Waals surface area contributed by atoms with Gasteiger partial charge in [-0.15, -0.1) is 0 Å². The summed E-state index contributed by atoms with van der Waals surface area (Å²) in [6, 6.07) is 0. The van der Waals surface area contributed by atoms with E-state index in [0.717, 1.165) is 38.9 Å². The van der Waals surface area contributed by atoms with Crippen LogP contribution in [0.1, 0.15) is 52.9 Å². The third kappa shape index (κ3) is 8.58. The zero-order chi connectivity index (χ0) is 12.9. The first-order valence-corrected chi connectivity index (χ1v) is 7.02. The fourth-order valence-corrected chi connectivity index (χ4v) is 1.67. The lowest BCUT2D eigenvalue weighted by Gasteiger charge is -2.26. The van der Waals surface area contributed by atoms with Crippen molar-refractivity contribution in [2.24, 2.45) is 0 Å². The van der Waals surface area contributed by atoms with Gasteiger partial charge < -0.3 is 14.2 Å². The molecule has 3 heteroatoms. The Bertz CT molecular complexity index is 150. The Kier molecular flexibility index (Phi) is 12.3. The Morgan fingerprint density at radius 1 is 0.824 bits per heavy atom. The van der Waals surface area contributed by atoms with Crippen molar-refractivity contribution in [2.45, 2.75) is 65.1 Å². The molecule has 0 heterocycles. The van der Waals surface area contributed by atoms with Crippen molar-refractivity contribution < 1.29 is 14.2 Å². The summed E-state index contributed by atoms with van der Waals surface area (Å²) in [6.45, 7) is 8.74. The topological polar surface area (TPSA) is 27.7 Å². The van der Waals surface area contributed by atoms with E-state index in [-0.39, 0.29) is 12.2 Å². The normalized spacial score (nSPS) is 14.8. The van der Waals surface area contributed by atoms with Crippen LogP contribution in [0.5, 0.6) is 0 Å². The Hall–Kier alpha value is -0.120. The number of hydrogen-bond donors (Lipinski definition) is 0. The Morgan fingerprint density at radius 2 is 1.35 bits per heavy atom. The van der Waals surface area contributed by atoms with E-state index in [4.69, 9.17) is 14.2 Å². The molecule has 0 spiro atoms. The van der Waals surface area contributed by atoms with E-state index in [1.165, 1.54) is 6.42 Å². The van der Waals surface area contributed by atoms with Gasteiger partial charge in [0.15, 0.2) is 0 Å². The molecule has 3 nitrogen and oxygen atoms in total. The molecule has 2 unspecified atom stereocenters. The van der Waals surface area contributed by atoms with E-state index in [2.05, 4.69) is 20.8 Å². The smallest absolute Gasteiger partial charge is 0.107 e. The second kappa shape index (κ2) is 12.3. The van der Waals surface area contributed by atoms with Gasteiger partial charge in [0.1, 0.15) is 6.10 Å². The van der Waals surface area contributed by atoms with Crippen molar-refractivity contribution in [2.75, 3.05) is 26.9 Å². The molecule has 0 bridgehead atoms. The van der Waals surface area contributed by atoms with Crippen molar-refractivity contribution >= 4 is 0 Å². The van der Waals surface area contributed by atoms with Crippen LogP contribution in [-0.2, 0) is 14.2 Å². The lowest BCUT2D eigenvalue weighted by atomic mass is 10.1. The number of ether oxygens (including phenoxy) is 3. The predicted octanol–water partition coefficient (Wildman–Crippen LogP) is 3.41. The summed E-state index contributed by atoms with van der Waals surface area (Å²) < 4.78 is 16.9. The zero-order valence-corrected chi connectivity index (χ0v) is 12.0. The van der Waals surface area contributed by atoms with Gasteiger partial charge in [0.05, 0.1) is 12.7 Å². The van der Waals surface area contributed by atoms with E-state index in [0.29, 0.717) is 6.61 Å². The first-order valence-electron chi connectivity index (χ1n) is 7.02. The maximum Gasteiger partial charge on any atom is 0.107 e. The second-order valence-corrected chi connectivity index (χ2v) is 4.39. The van der Waals surface area contributed by atoms with Gasteiger partial charge >= 0.3 is 0 Å². The molecule has 0 aromatic heterocycles. The molecule has 2 atom stereocenters. The average molecular weight is 246 g/mol. The average Bonchev–Trinajstić information content (AvgIpc) is 2.34. The largest absolute Gasteiger partial charge is 0.382 e. The molecule has 0 saturated carbocycles. The Morgan fingerprint density at radius 3 is 1.76 bits per heavy atom. The molecular formula is C14H30O3. The maximum absolute atomic E-state index is 5.87. The molecule has 0 saturated heterocycles. The lowest BCUT2D eigenvalue weighted by molar-refractivity contribution is -0.100. The van der Waals surface area contributed by atoms with Crippen molar-refractivity contribution in [3.63, 3.8) is 0 Å². The van der Waals surface area contributed by atoms with Gasteiger partial charge in [-0.2, -0.15) is 0 Å². The quantitative estimate of drug-likeness (QED) is 0.494. The van der Waals surface area contributed by atoms with Gasteiger partial charge in [-0.05, 0) is 19.3 Å². The van der Waals surface area contributed by atoms with Crippen molar-refractivity contribution in [3.8, 4) is 0 Å². The molecule has 0 aromatic carbocycles. The molecule has 0 rings (SSSR count). The van der Waals surface area contributed by atoms with Gasteiger partial charge in [0, 0.05) is 20.3 Å². The minimum absolute atomic E-state index is 0.0772. The summed E-state index contributed by atoms with van der Waals surface area (Å²) in [5.41, 5.74) is 0. The van der Waals surface area contributed by atoms with Crippen LogP contribution in [0.25, 0.3) is 0 Å².